The van der Waals surface area contributed by atoms with Crippen LogP contribution in [0.3, 0.4) is 0 Å². The molecule has 0 saturated heterocycles. The highest BCUT2D eigenvalue weighted by Crippen LogP contribution is 2.24. The standard InChI is InChI=1S/C16H30O4.2ClH/c1-13(2)14(11-12-16(19)20)9-7-5-3-4-6-8-10-15(17)18;;/h13-14H,3-12H2,1-2H3,(H,17,18)(H,19,20);2*1H. The van der Waals surface area contributed by atoms with Gasteiger partial charge in [-0.3, -0.25) is 9.59 Å². The fraction of sp³-hybridized carbons (Fsp3) is 0.875. The number of hydrogen-bond acceptors (Lipinski definition) is 2. The molecule has 0 aliphatic heterocycles. The van der Waals surface area contributed by atoms with E-state index in [1.807, 2.05) is 0 Å². The van der Waals surface area contributed by atoms with Gasteiger partial charge in [-0.25, -0.2) is 0 Å². The monoisotopic (exact) mass is 358 g/mol. The number of halogens is 2. The maximum atomic E-state index is 10.6. The highest BCUT2D eigenvalue weighted by Gasteiger charge is 2.14. The molecule has 1 atom stereocenters. The molecule has 0 bridgehead atoms. The number of carbonyl (C=O) groups is 2. The van der Waals surface area contributed by atoms with Crippen LogP contribution in [0.25, 0.3) is 0 Å². The van der Waals surface area contributed by atoms with Crippen molar-refractivity contribution in [2.75, 3.05) is 0 Å². The van der Waals surface area contributed by atoms with E-state index in [4.69, 9.17) is 10.2 Å². The van der Waals surface area contributed by atoms with Gasteiger partial charge >= 0.3 is 11.9 Å². The van der Waals surface area contributed by atoms with E-state index in [1.165, 1.54) is 6.42 Å². The lowest BCUT2D eigenvalue weighted by Crippen LogP contribution is -2.11. The van der Waals surface area contributed by atoms with Crippen LogP contribution in [0.15, 0.2) is 0 Å². The molecule has 0 amide bonds. The van der Waals surface area contributed by atoms with Crippen LogP contribution in [0, 0.1) is 11.8 Å². The number of carboxylic acids is 2. The average Bonchev–Trinajstić information content (AvgIpc) is 2.34. The zero-order valence-electron chi connectivity index (χ0n) is 13.8. The van der Waals surface area contributed by atoms with Crippen LogP contribution in [-0.4, -0.2) is 22.2 Å². The summed E-state index contributed by atoms with van der Waals surface area (Å²) in [7, 11) is 0. The first kappa shape index (κ1) is 26.4. The molecule has 134 valence electrons. The van der Waals surface area contributed by atoms with Crippen molar-refractivity contribution < 1.29 is 19.8 Å². The molecule has 0 heterocycles. The highest BCUT2D eigenvalue weighted by molar-refractivity contribution is 5.85. The van der Waals surface area contributed by atoms with Crippen molar-refractivity contribution in [2.45, 2.75) is 78.1 Å². The van der Waals surface area contributed by atoms with E-state index in [-0.39, 0.29) is 37.7 Å². The van der Waals surface area contributed by atoms with Gasteiger partial charge in [0.2, 0.25) is 0 Å². The third-order valence-electron chi connectivity index (χ3n) is 3.89. The predicted molar refractivity (Wildman–Crippen MR) is 94.3 cm³/mol. The SMILES string of the molecule is CC(C)C(CCCCCCCCC(=O)O)CCC(=O)O.Cl.Cl. The molecule has 4 nitrogen and oxygen atoms in total. The van der Waals surface area contributed by atoms with Crippen LogP contribution >= 0.6 is 24.8 Å². The van der Waals surface area contributed by atoms with Crippen molar-refractivity contribution >= 4 is 36.8 Å². The van der Waals surface area contributed by atoms with Crippen LogP contribution < -0.4 is 0 Å². The Morgan fingerprint density at radius 1 is 0.727 bits per heavy atom. The van der Waals surface area contributed by atoms with Gasteiger partial charge in [0.05, 0.1) is 0 Å². The van der Waals surface area contributed by atoms with Crippen molar-refractivity contribution in [3.05, 3.63) is 0 Å². The molecule has 0 radical (unpaired) electrons. The van der Waals surface area contributed by atoms with E-state index >= 15 is 0 Å². The molecule has 1 unspecified atom stereocenters. The fourth-order valence-electron chi connectivity index (χ4n) is 2.51. The molecule has 0 aliphatic carbocycles. The first-order valence-corrected chi connectivity index (χ1v) is 7.87. The maximum Gasteiger partial charge on any atom is 0.303 e. The van der Waals surface area contributed by atoms with Gasteiger partial charge in [-0.1, -0.05) is 52.4 Å². The van der Waals surface area contributed by atoms with Crippen LogP contribution in [0.2, 0.25) is 0 Å². The Morgan fingerprint density at radius 2 is 1.18 bits per heavy atom. The fourth-order valence-corrected chi connectivity index (χ4v) is 2.51. The summed E-state index contributed by atoms with van der Waals surface area (Å²) in [6, 6.07) is 0. The van der Waals surface area contributed by atoms with Gasteiger partial charge in [0.25, 0.3) is 0 Å². The Balaban J connectivity index is -0.00000180. The van der Waals surface area contributed by atoms with E-state index in [0.717, 1.165) is 44.9 Å². The lowest BCUT2D eigenvalue weighted by atomic mass is 9.86. The van der Waals surface area contributed by atoms with Crippen LogP contribution in [0.4, 0.5) is 0 Å². The number of aliphatic carboxylic acids is 2. The topological polar surface area (TPSA) is 74.6 Å². The summed E-state index contributed by atoms with van der Waals surface area (Å²) in [5.74, 6) is -0.347. The van der Waals surface area contributed by atoms with E-state index in [2.05, 4.69) is 13.8 Å². The second-order valence-corrected chi connectivity index (χ2v) is 5.99. The van der Waals surface area contributed by atoms with Gasteiger partial charge in [0.15, 0.2) is 0 Å². The molecule has 0 aromatic rings. The van der Waals surface area contributed by atoms with Crippen LogP contribution in [0.5, 0.6) is 0 Å². The molecule has 0 spiro atoms. The van der Waals surface area contributed by atoms with Gasteiger partial charge in [-0.05, 0) is 24.7 Å². The second-order valence-electron chi connectivity index (χ2n) is 5.99. The lowest BCUT2D eigenvalue weighted by Gasteiger charge is -2.19. The van der Waals surface area contributed by atoms with Crippen molar-refractivity contribution in [1.29, 1.82) is 0 Å². The second kappa shape index (κ2) is 16.9. The zero-order valence-corrected chi connectivity index (χ0v) is 15.4. The van der Waals surface area contributed by atoms with E-state index < -0.39 is 11.9 Å². The summed E-state index contributed by atoms with van der Waals surface area (Å²) >= 11 is 0. The minimum atomic E-state index is -0.705. The molecule has 0 aliphatic rings. The molecular weight excluding hydrogens is 327 g/mol. The van der Waals surface area contributed by atoms with E-state index in [1.54, 1.807) is 0 Å². The molecule has 0 saturated carbocycles. The number of carboxylic acid groups (broad SMARTS) is 2. The third-order valence-corrected chi connectivity index (χ3v) is 3.89. The smallest absolute Gasteiger partial charge is 0.303 e. The van der Waals surface area contributed by atoms with Crippen molar-refractivity contribution in [1.82, 2.24) is 0 Å². The van der Waals surface area contributed by atoms with Gasteiger partial charge in [0, 0.05) is 12.8 Å². The largest absolute Gasteiger partial charge is 0.481 e. The Morgan fingerprint density at radius 3 is 1.64 bits per heavy atom. The number of hydrogen-bond donors (Lipinski definition) is 2. The molecule has 6 heteroatoms. The third kappa shape index (κ3) is 17.6. The molecule has 0 rings (SSSR count). The van der Waals surface area contributed by atoms with E-state index in [0.29, 0.717) is 11.8 Å². The summed E-state index contributed by atoms with van der Waals surface area (Å²) in [6.45, 7) is 4.33. The number of rotatable bonds is 13. The Bertz CT molecular complexity index is 283. The van der Waals surface area contributed by atoms with Gasteiger partial charge < -0.3 is 10.2 Å². The summed E-state index contributed by atoms with van der Waals surface area (Å²) < 4.78 is 0. The Hall–Kier alpha value is -0.480. The van der Waals surface area contributed by atoms with E-state index in [9.17, 15) is 9.59 Å². The molecule has 0 aromatic heterocycles. The molecule has 22 heavy (non-hydrogen) atoms. The molecular formula is C16H32Cl2O4. The zero-order chi connectivity index (χ0) is 15.4. The van der Waals surface area contributed by atoms with Crippen molar-refractivity contribution in [2.24, 2.45) is 11.8 Å². The lowest BCUT2D eigenvalue weighted by molar-refractivity contribution is -0.138. The highest BCUT2D eigenvalue weighted by atomic mass is 35.5. The summed E-state index contributed by atoms with van der Waals surface area (Å²) in [5.41, 5.74) is 0. The van der Waals surface area contributed by atoms with Gasteiger partial charge in [-0.15, -0.1) is 24.8 Å². The quantitative estimate of drug-likeness (QED) is 0.445. The Kier molecular flexibility index (Phi) is 20.3. The minimum Gasteiger partial charge on any atom is -0.481 e. The predicted octanol–water partition coefficient (Wildman–Crippen LogP) is 5.17. The van der Waals surface area contributed by atoms with Crippen LogP contribution in [0.1, 0.15) is 78.1 Å². The first-order valence-electron chi connectivity index (χ1n) is 7.87. The molecule has 2 N–H and O–H groups in total. The molecule has 0 aromatic carbocycles. The van der Waals surface area contributed by atoms with Crippen LogP contribution in [-0.2, 0) is 9.59 Å². The minimum absolute atomic E-state index is 0. The van der Waals surface area contributed by atoms with Gasteiger partial charge in [0.1, 0.15) is 0 Å². The summed E-state index contributed by atoms with van der Waals surface area (Å²) in [6.07, 6.45) is 8.82. The normalized spacial score (nSPS) is 11.4. The molecule has 0 fully saturated rings. The first-order chi connectivity index (χ1) is 9.43. The Labute approximate surface area is 146 Å². The summed E-state index contributed by atoms with van der Waals surface area (Å²) in [4.78, 5) is 21.0. The maximum absolute atomic E-state index is 10.6. The summed E-state index contributed by atoms with van der Waals surface area (Å²) in [5, 5.41) is 17.2. The van der Waals surface area contributed by atoms with Crippen molar-refractivity contribution in [3.8, 4) is 0 Å². The average molecular weight is 359 g/mol. The van der Waals surface area contributed by atoms with Crippen molar-refractivity contribution in [3.63, 3.8) is 0 Å². The number of unbranched alkanes of at least 4 members (excludes halogenated alkanes) is 5. The van der Waals surface area contributed by atoms with Gasteiger partial charge in [-0.2, -0.15) is 0 Å².